The van der Waals surface area contributed by atoms with Crippen LogP contribution in [0.2, 0.25) is 0 Å². The molecule has 0 unspecified atom stereocenters. The van der Waals surface area contributed by atoms with Crippen LogP contribution in [-0.4, -0.2) is 30.0 Å². The van der Waals surface area contributed by atoms with Crippen LogP contribution in [0.3, 0.4) is 0 Å². The highest BCUT2D eigenvalue weighted by Gasteiger charge is 2.09. The van der Waals surface area contributed by atoms with Crippen LogP contribution >= 0.6 is 0 Å². The van der Waals surface area contributed by atoms with Gasteiger partial charge in [-0.15, -0.1) is 0 Å². The highest BCUT2D eigenvalue weighted by Crippen LogP contribution is 2.24. The van der Waals surface area contributed by atoms with Gasteiger partial charge in [0.2, 0.25) is 0 Å². The van der Waals surface area contributed by atoms with E-state index in [1.807, 2.05) is 11.7 Å². The van der Waals surface area contributed by atoms with Gasteiger partial charge in [0.15, 0.2) is 5.75 Å². The lowest BCUT2D eigenvalue weighted by molar-refractivity contribution is 0.413. The third kappa shape index (κ3) is 3.10. The molecule has 90 valence electrons. The van der Waals surface area contributed by atoms with Crippen molar-refractivity contribution in [3.8, 4) is 5.75 Å². The summed E-state index contributed by atoms with van der Waals surface area (Å²) in [7, 11) is 3.60. The fourth-order valence-electron chi connectivity index (χ4n) is 1.68. The van der Waals surface area contributed by atoms with Crippen molar-refractivity contribution in [3.05, 3.63) is 18.0 Å². The van der Waals surface area contributed by atoms with Gasteiger partial charge in [-0.25, -0.2) is 0 Å². The average Bonchev–Trinajstić information content (AvgIpc) is 2.65. The molecule has 0 amide bonds. The first kappa shape index (κ1) is 12.8. The molecule has 0 aliphatic carbocycles. The molecular formula is C12H21N3O. The summed E-state index contributed by atoms with van der Waals surface area (Å²) in [6.07, 6.45) is 4.98. The molecule has 0 aliphatic heterocycles. The molecule has 0 saturated heterocycles. The zero-order valence-electron chi connectivity index (χ0n) is 10.6. The van der Waals surface area contributed by atoms with E-state index in [4.69, 9.17) is 4.74 Å². The molecular weight excluding hydrogens is 202 g/mol. The smallest absolute Gasteiger partial charge is 0.164 e. The fraction of sp³-hybridized carbons (Fsp3) is 0.583. The maximum absolute atomic E-state index is 5.27. The van der Waals surface area contributed by atoms with Crippen molar-refractivity contribution in [2.45, 2.75) is 20.3 Å². The predicted molar refractivity (Wildman–Crippen MR) is 66.6 cm³/mol. The second-order valence-corrected chi connectivity index (χ2v) is 3.71. The van der Waals surface area contributed by atoms with Gasteiger partial charge >= 0.3 is 0 Å². The fourth-order valence-corrected chi connectivity index (χ4v) is 1.68. The number of aromatic nitrogens is 2. The van der Waals surface area contributed by atoms with Crippen molar-refractivity contribution in [3.63, 3.8) is 0 Å². The SMILES string of the molecule is CCNCC/C=C(/C)c1c(OC)cnn1C. The van der Waals surface area contributed by atoms with Gasteiger partial charge in [-0.2, -0.15) is 5.10 Å². The topological polar surface area (TPSA) is 39.1 Å². The number of methoxy groups -OCH3 is 1. The van der Waals surface area contributed by atoms with Gasteiger partial charge < -0.3 is 10.1 Å². The van der Waals surface area contributed by atoms with Crippen molar-refractivity contribution in [2.24, 2.45) is 7.05 Å². The molecule has 0 aromatic carbocycles. The lowest BCUT2D eigenvalue weighted by atomic mass is 10.1. The molecule has 0 spiro atoms. The van der Waals surface area contributed by atoms with Gasteiger partial charge in [-0.05, 0) is 32.0 Å². The second kappa shape index (κ2) is 6.33. The number of rotatable bonds is 6. The van der Waals surface area contributed by atoms with E-state index in [9.17, 15) is 0 Å². The Labute approximate surface area is 97.3 Å². The molecule has 1 N–H and O–H groups in total. The standard InChI is InChI=1S/C12H21N3O/c1-5-13-8-6-7-10(2)12-11(16-4)9-14-15(12)3/h7,9,13H,5-6,8H2,1-4H3/b10-7-. The molecule has 1 aromatic heterocycles. The number of nitrogens with zero attached hydrogens (tertiary/aromatic N) is 2. The summed E-state index contributed by atoms with van der Waals surface area (Å²) in [6.45, 7) is 6.22. The van der Waals surface area contributed by atoms with Gasteiger partial charge in [0.25, 0.3) is 0 Å². The summed E-state index contributed by atoms with van der Waals surface area (Å²) in [4.78, 5) is 0. The first-order valence-electron chi connectivity index (χ1n) is 5.64. The number of hydrogen-bond acceptors (Lipinski definition) is 3. The summed E-state index contributed by atoms with van der Waals surface area (Å²) < 4.78 is 7.12. The molecule has 4 heteroatoms. The Morgan fingerprint density at radius 1 is 1.62 bits per heavy atom. The van der Waals surface area contributed by atoms with Crippen LogP contribution in [0, 0.1) is 0 Å². The maximum atomic E-state index is 5.27. The molecule has 0 atom stereocenters. The van der Waals surface area contributed by atoms with Gasteiger partial charge in [0.05, 0.1) is 13.3 Å². The molecule has 16 heavy (non-hydrogen) atoms. The van der Waals surface area contributed by atoms with Gasteiger partial charge in [-0.1, -0.05) is 13.0 Å². The molecule has 0 fully saturated rings. The highest BCUT2D eigenvalue weighted by molar-refractivity contribution is 5.65. The van der Waals surface area contributed by atoms with E-state index in [-0.39, 0.29) is 0 Å². The van der Waals surface area contributed by atoms with Crippen LogP contribution in [0.1, 0.15) is 26.0 Å². The van der Waals surface area contributed by atoms with E-state index >= 15 is 0 Å². The summed E-state index contributed by atoms with van der Waals surface area (Å²) in [6, 6.07) is 0. The number of hydrogen-bond donors (Lipinski definition) is 1. The van der Waals surface area contributed by atoms with Crippen molar-refractivity contribution >= 4 is 5.57 Å². The minimum Gasteiger partial charge on any atom is -0.493 e. The molecule has 0 aliphatic rings. The van der Waals surface area contributed by atoms with Gasteiger partial charge in [0, 0.05) is 7.05 Å². The van der Waals surface area contributed by atoms with Crippen molar-refractivity contribution in [1.29, 1.82) is 0 Å². The average molecular weight is 223 g/mol. The lowest BCUT2D eigenvalue weighted by Gasteiger charge is -2.06. The first-order chi connectivity index (χ1) is 7.70. The van der Waals surface area contributed by atoms with Crippen molar-refractivity contribution in [2.75, 3.05) is 20.2 Å². The zero-order valence-corrected chi connectivity index (χ0v) is 10.6. The van der Waals surface area contributed by atoms with Crippen LogP contribution in [0.5, 0.6) is 5.75 Å². The van der Waals surface area contributed by atoms with Crippen LogP contribution in [0.15, 0.2) is 12.3 Å². The number of allylic oxidation sites excluding steroid dienone is 1. The van der Waals surface area contributed by atoms with E-state index in [0.717, 1.165) is 31.0 Å². The molecule has 1 rings (SSSR count). The van der Waals surface area contributed by atoms with Crippen molar-refractivity contribution in [1.82, 2.24) is 15.1 Å². The molecule has 4 nitrogen and oxygen atoms in total. The zero-order chi connectivity index (χ0) is 12.0. The molecule has 0 saturated carbocycles. The normalized spacial score (nSPS) is 11.9. The molecule has 1 aromatic rings. The Bertz CT molecular complexity index is 355. The van der Waals surface area contributed by atoms with E-state index in [1.54, 1.807) is 13.3 Å². The monoisotopic (exact) mass is 223 g/mol. The number of aryl methyl sites for hydroxylation is 1. The Morgan fingerprint density at radius 2 is 2.38 bits per heavy atom. The van der Waals surface area contributed by atoms with E-state index in [1.165, 1.54) is 5.57 Å². The highest BCUT2D eigenvalue weighted by atomic mass is 16.5. The third-order valence-corrected chi connectivity index (χ3v) is 2.52. The van der Waals surface area contributed by atoms with Crippen LogP contribution in [0.4, 0.5) is 0 Å². The largest absolute Gasteiger partial charge is 0.493 e. The predicted octanol–water partition coefficient (Wildman–Crippen LogP) is 1.83. The lowest BCUT2D eigenvalue weighted by Crippen LogP contribution is -2.13. The quantitative estimate of drug-likeness (QED) is 0.748. The van der Waals surface area contributed by atoms with Crippen LogP contribution < -0.4 is 10.1 Å². The first-order valence-corrected chi connectivity index (χ1v) is 5.64. The Morgan fingerprint density at radius 3 is 3.00 bits per heavy atom. The number of nitrogens with one attached hydrogen (secondary N) is 1. The van der Waals surface area contributed by atoms with E-state index in [2.05, 4.69) is 30.3 Å². The Balaban J connectivity index is 2.70. The minimum absolute atomic E-state index is 0.833. The Hall–Kier alpha value is -1.29. The summed E-state index contributed by atoms with van der Waals surface area (Å²) in [5.41, 5.74) is 2.26. The third-order valence-electron chi connectivity index (χ3n) is 2.52. The summed E-state index contributed by atoms with van der Waals surface area (Å²) in [5.74, 6) is 0.833. The van der Waals surface area contributed by atoms with Crippen molar-refractivity contribution < 1.29 is 4.74 Å². The summed E-state index contributed by atoms with van der Waals surface area (Å²) in [5, 5.41) is 7.48. The van der Waals surface area contributed by atoms with E-state index < -0.39 is 0 Å². The second-order valence-electron chi connectivity index (χ2n) is 3.71. The Kier molecular flexibility index (Phi) is 5.05. The minimum atomic E-state index is 0.833. The van der Waals surface area contributed by atoms with Crippen LogP contribution in [-0.2, 0) is 7.05 Å². The van der Waals surface area contributed by atoms with Gasteiger partial charge in [0.1, 0.15) is 5.69 Å². The van der Waals surface area contributed by atoms with Gasteiger partial charge in [-0.3, -0.25) is 4.68 Å². The maximum Gasteiger partial charge on any atom is 0.164 e. The molecule has 0 radical (unpaired) electrons. The molecule has 0 bridgehead atoms. The van der Waals surface area contributed by atoms with Crippen LogP contribution in [0.25, 0.3) is 5.57 Å². The summed E-state index contributed by atoms with van der Waals surface area (Å²) >= 11 is 0. The van der Waals surface area contributed by atoms with E-state index in [0.29, 0.717) is 0 Å². The number of ether oxygens (including phenoxy) is 1. The molecule has 1 heterocycles.